The van der Waals surface area contributed by atoms with Crippen molar-refractivity contribution in [3.05, 3.63) is 65.2 Å². The summed E-state index contributed by atoms with van der Waals surface area (Å²) >= 11 is 3.62. The van der Waals surface area contributed by atoms with Gasteiger partial charge in [-0.05, 0) is 30.2 Å². The highest BCUT2D eigenvalue weighted by Gasteiger charge is 2.33. The third kappa shape index (κ3) is 3.21. The number of alkyl halides is 1. The molecule has 1 heterocycles. The van der Waals surface area contributed by atoms with E-state index >= 15 is 0 Å². The molecule has 0 spiro atoms. The number of hydrogen-bond acceptors (Lipinski definition) is 3. The van der Waals surface area contributed by atoms with Crippen LogP contribution in [0.2, 0.25) is 0 Å². The second kappa shape index (κ2) is 6.36. The second-order valence-electron chi connectivity index (χ2n) is 5.84. The van der Waals surface area contributed by atoms with Crippen LogP contribution < -0.4 is 5.73 Å². The number of hydrogen-bond donors (Lipinski definition) is 1. The lowest BCUT2D eigenvalue weighted by atomic mass is 10.0. The van der Waals surface area contributed by atoms with E-state index in [2.05, 4.69) is 15.9 Å². The lowest BCUT2D eigenvalue weighted by molar-refractivity contribution is 0.400. The Morgan fingerprint density at radius 3 is 2.30 bits per heavy atom. The Morgan fingerprint density at radius 1 is 1.04 bits per heavy atom. The maximum atomic E-state index is 12.9. The van der Waals surface area contributed by atoms with E-state index in [0.29, 0.717) is 11.4 Å². The van der Waals surface area contributed by atoms with Crippen LogP contribution >= 0.6 is 15.9 Å². The van der Waals surface area contributed by atoms with Crippen molar-refractivity contribution in [2.45, 2.75) is 22.7 Å². The van der Waals surface area contributed by atoms with Crippen LogP contribution in [-0.2, 0) is 10.0 Å². The third-order valence-corrected chi connectivity index (χ3v) is 6.78. The first-order chi connectivity index (χ1) is 10.9. The van der Waals surface area contributed by atoms with Crippen molar-refractivity contribution in [1.29, 1.82) is 0 Å². The van der Waals surface area contributed by atoms with E-state index in [9.17, 15) is 8.42 Å². The van der Waals surface area contributed by atoms with Crippen molar-refractivity contribution in [2.75, 3.05) is 13.1 Å². The highest BCUT2D eigenvalue weighted by Crippen LogP contribution is 2.35. The molecule has 6 heteroatoms. The Morgan fingerprint density at radius 2 is 1.65 bits per heavy atom. The van der Waals surface area contributed by atoms with Crippen molar-refractivity contribution in [1.82, 2.24) is 4.31 Å². The van der Waals surface area contributed by atoms with Crippen LogP contribution in [0.5, 0.6) is 0 Å². The molecule has 0 amide bonds. The van der Waals surface area contributed by atoms with E-state index in [1.165, 1.54) is 4.31 Å². The van der Waals surface area contributed by atoms with Gasteiger partial charge in [-0.25, -0.2) is 8.42 Å². The van der Waals surface area contributed by atoms with Crippen LogP contribution in [0.25, 0.3) is 0 Å². The summed E-state index contributed by atoms with van der Waals surface area (Å²) in [6, 6.07) is 14.4. The number of nitrogens with two attached hydrogens (primary N) is 1. The van der Waals surface area contributed by atoms with Crippen molar-refractivity contribution in [3.8, 4) is 0 Å². The van der Waals surface area contributed by atoms with Gasteiger partial charge in [0, 0.05) is 19.1 Å². The van der Waals surface area contributed by atoms with E-state index in [0.717, 1.165) is 16.7 Å². The van der Waals surface area contributed by atoms with Crippen molar-refractivity contribution >= 4 is 26.0 Å². The number of fused-ring (bicyclic) bond motifs is 1. The SMILES string of the molecule is Cc1ccc(S(=O)(=O)N2CC(N)c3ccccc3C(Br)C2)cc1. The first-order valence-corrected chi connectivity index (χ1v) is 9.80. The Labute approximate surface area is 145 Å². The first-order valence-electron chi connectivity index (χ1n) is 7.45. The van der Waals surface area contributed by atoms with Crippen LogP contribution in [0.4, 0.5) is 0 Å². The smallest absolute Gasteiger partial charge is 0.243 e. The molecule has 2 N–H and O–H groups in total. The van der Waals surface area contributed by atoms with Crippen molar-refractivity contribution in [3.63, 3.8) is 0 Å². The number of sulfonamides is 1. The van der Waals surface area contributed by atoms with Crippen LogP contribution in [0.3, 0.4) is 0 Å². The molecule has 3 rings (SSSR count). The summed E-state index contributed by atoms with van der Waals surface area (Å²) in [6.07, 6.45) is 0. The second-order valence-corrected chi connectivity index (χ2v) is 8.88. The zero-order valence-corrected chi connectivity index (χ0v) is 15.2. The Balaban J connectivity index is 1.97. The molecule has 122 valence electrons. The zero-order valence-electron chi connectivity index (χ0n) is 12.8. The number of aryl methyl sites for hydroxylation is 1. The number of nitrogens with zero attached hydrogens (tertiary/aromatic N) is 1. The molecule has 1 aliphatic heterocycles. The summed E-state index contributed by atoms with van der Waals surface area (Å²) in [4.78, 5) is 0.230. The minimum atomic E-state index is -3.56. The summed E-state index contributed by atoms with van der Waals surface area (Å²) < 4.78 is 27.4. The first kappa shape index (κ1) is 16.6. The Bertz CT molecular complexity index is 775. The normalized spacial score (nSPS) is 22.4. The van der Waals surface area contributed by atoms with Crippen LogP contribution in [-0.4, -0.2) is 25.8 Å². The predicted molar refractivity (Wildman–Crippen MR) is 95.0 cm³/mol. The van der Waals surface area contributed by atoms with Gasteiger partial charge in [-0.3, -0.25) is 0 Å². The van der Waals surface area contributed by atoms with E-state index in [1.807, 2.05) is 43.3 Å². The summed E-state index contributed by atoms with van der Waals surface area (Å²) in [5.74, 6) is 0. The van der Waals surface area contributed by atoms with Crippen LogP contribution in [0.1, 0.15) is 27.6 Å². The summed E-state index contributed by atoms with van der Waals surface area (Å²) in [6.45, 7) is 2.57. The van der Waals surface area contributed by atoms with E-state index in [4.69, 9.17) is 5.73 Å². The van der Waals surface area contributed by atoms with E-state index in [-0.39, 0.29) is 17.4 Å². The molecular weight excluding hydrogens is 376 g/mol. The molecule has 0 aliphatic carbocycles. The number of halogens is 1. The average Bonchev–Trinajstić information content (AvgIpc) is 2.66. The van der Waals surface area contributed by atoms with Crippen molar-refractivity contribution < 1.29 is 8.42 Å². The quantitative estimate of drug-likeness (QED) is 0.795. The minimum absolute atomic E-state index is 0.0764. The number of rotatable bonds is 2. The molecule has 4 nitrogen and oxygen atoms in total. The van der Waals surface area contributed by atoms with Gasteiger partial charge in [0.1, 0.15) is 0 Å². The molecule has 0 bridgehead atoms. The fraction of sp³-hybridized carbons (Fsp3) is 0.294. The third-order valence-electron chi connectivity index (χ3n) is 4.16. The van der Waals surface area contributed by atoms with Gasteiger partial charge in [0.25, 0.3) is 0 Å². The molecule has 0 saturated carbocycles. The largest absolute Gasteiger partial charge is 0.323 e. The summed E-state index contributed by atoms with van der Waals surface area (Å²) in [5, 5.41) is 0. The molecule has 2 unspecified atom stereocenters. The average molecular weight is 395 g/mol. The van der Waals surface area contributed by atoms with Crippen molar-refractivity contribution in [2.24, 2.45) is 5.73 Å². The molecule has 0 saturated heterocycles. The molecular formula is C17H19BrN2O2S. The van der Waals surface area contributed by atoms with Gasteiger partial charge in [0.2, 0.25) is 10.0 Å². The molecule has 1 aliphatic rings. The standard InChI is InChI=1S/C17H19BrN2O2S/c1-12-6-8-13(9-7-12)23(21,22)20-10-16(18)14-4-2-3-5-15(14)17(19)11-20/h2-9,16-17H,10-11,19H2,1H3. The highest BCUT2D eigenvalue weighted by atomic mass is 79.9. The van der Waals surface area contributed by atoms with Gasteiger partial charge in [0.05, 0.1) is 9.72 Å². The zero-order chi connectivity index (χ0) is 16.6. The van der Waals surface area contributed by atoms with Gasteiger partial charge >= 0.3 is 0 Å². The van der Waals surface area contributed by atoms with Gasteiger partial charge < -0.3 is 5.73 Å². The van der Waals surface area contributed by atoms with Gasteiger partial charge in [0.15, 0.2) is 0 Å². The van der Waals surface area contributed by atoms with Crippen LogP contribution in [0, 0.1) is 6.92 Å². The summed E-state index contributed by atoms with van der Waals surface area (Å²) in [7, 11) is -3.56. The maximum absolute atomic E-state index is 12.9. The van der Waals surface area contributed by atoms with Gasteiger partial charge in [-0.15, -0.1) is 0 Å². The summed E-state index contributed by atoms with van der Waals surface area (Å²) in [5.41, 5.74) is 9.35. The topological polar surface area (TPSA) is 63.4 Å². The Kier molecular flexibility index (Phi) is 4.60. The van der Waals surface area contributed by atoms with E-state index in [1.54, 1.807) is 12.1 Å². The maximum Gasteiger partial charge on any atom is 0.243 e. The Hall–Kier alpha value is -1.21. The fourth-order valence-electron chi connectivity index (χ4n) is 2.86. The predicted octanol–water partition coefficient (Wildman–Crippen LogP) is 3.14. The van der Waals surface area contributed by atoms with Gasteiger partial charge in [-0.2, -0.15) is 4.31 Å². The van der Waals surface area contributed by atoms with E-state index < -0.39 is 10.0 Å². The lowest BCUT2D eigenvalue weighted by Gasteiger charge is -2.23. The van der Waals surface area contributed by atoms with Gasteiger partial charge in [-0.1, -0.05) is 57.9 Å². The number of benzene rings is 2. The molecule has 0 radical (unpaired) electrons. The lowest BCUT2D eigenvalue weighted by Crippen LogP contribution is -2.37. The van der Waals surface area contributed by atoms with Crippen LogP contribution in [0.15, 0.2) is 53.4 Å². The molecule has 0 aromatic heterocycles. The highest BCUT2D eigenvalue weighted by molar-refractivity contribution is 9.09. The molecule has 2 atom stereocenters. The molecule has 0 fully saturated rings. The monoisotopic (exact) mass is 394 g/mol. The molecule has 23 heavy (non-hydrogen) atoms. The minimum Gasteiger partial charge on any atom is -0.323 e. The molecule has 2 aromatic carbocycles. The fourth-order valence-corrected chi connectivity index (χ4v) is 5.30. The molecule has 2 aromatic rings.